The van der Waals surface area contributed by atoms with Crippen molar-refractivity contribution in [1.82, 2.24) is 23.9 Å². The normalized spacial score (nSPS) is 20.3. The summed E-state index contributed by atoms with van der Waals surface area (Å²) in [5, 5.41) is 5.47. The van der Waals surface area contributed by atoms with Gasteiger partial charge in [0.1, 0.15) is 6.33 Å². The molecule has 0 spiro atoms. The van der Waals surface area contributed by atoms with E-state index in [1.165, 1.54) is 10.6 Å². The summed E-state index contributed by atoms with van der Waals surface area (Å²) in [7, 11) is -3.17. The fourth-order valence-electron chi connectivity index (χ4n) is 3.12. The van der Waals surface area contributed by atoms with Crippen LogP contribution in [-0.4, -0.2) is 51.7 Å². The van der Waals surface area contributed by atoms with Gasteiger partial charge < -0.3 is 0 Å². The van der Waals surface area contributed by atoms with Crippen LogP contribution >= 0.6 is 0 Å². The van der Waals surface area contributed by atoms with E-state index in [2.05, 4.69) is 15.1 Å². The third-order valence-electron chi connectivity index (χ3n) is 4.32. The molecule has 4 rings (SSSR count). The van der Waals surface area contributed by atoms with Gasteiger partial charge in [-0.05, 0) is 25.0 Å². The van der Waals surface area contributed by atoms with Crippen molar-refractivity contribution in [2.24, 2.45) is 0 Å². The Morgan fingerprint density at radius 3 is 2.91 bits per heavy atom. The van der Waals surface area contributed by atoms with Crippen LogP contribution in [0.1, 0.15) is 24.6 Å². The van der Waals surface area contributed by atoms with E-state index < -0.39 is 10.0 Å². The van der Waals surface area contributed by atoms with Crippen molar-refractivity contribution in [3.05, 3.63) is 36.4 Å². The number of piperidine rings is 1. The second-order valence-corrected chi connectivity index (χ2v) is 7.94. The average molecular weight is 331 g/mol. The molecule has 3 aromatic rings. The first-order valence-electron chi connectivity index (χ1n) is 7.57. The van der Waals surface area contributed by atoms with Crippen molar-refractivity contribution >= 4 is 26.6 Å². The van der Waals surface area contributed by atoms with E-state index in [1.807, 2.05) is 24.3 Å². The summed E-state index contributed by atoms with van der Waals surface area (Å²) in [6.45, 7) is 1.02. The number of aromatic nitrogens is 4. The molecule has 1 aromatic carbocycles. The van der Waals surface area contributed by atoms with Crippen molar-refractivity contribution in [2.75, 3.05) is 19.3 Å². The molecule has 7 nitrogen and oxygen atoms in total. The largest absolute Gasteiger partial charge is 0.236 e. The van der Waals surface area contributed by atoms with Crippen LogP contribution in [0.25, 0.3) is 16.6 Å². The van der Waals surface area contributed by atoms with Crippen LogP contribution in [0.15, 0.2) is 30.6 Å². The van der Waals surface area contributed by atoms with Crippen LogP contribution in [0, 0.1) is 0 Å². The van der Waals surface area contributed by atoms with Crippen LogP contribution < -0.4 is 0 Å². The molecular formula is C15H17N5O2S. The summed E-state index contributed by atoms with van der Waals surface area (Å²) >= 11 is 0. The van der Waals surface area contributed by atoms with Crippen LogP contribution in [0.4, 0.5) is 0 Å². The van der Waals surface area contributed by atoms with E-state index >= 15 is 0 Å². The van der Waals surface area contributed by atoms with E-state index in [-0.39, 0.29) is 5.92 Å². The molecule has 1 aliphatic heterocycles. The van der Waals surface area contributed by atoms with Crippen LogP contribution in [0.3, 0.4) is 0 Å². The lowest BCUT2D eigenvalue weighted by Crippen LogP contribution is -2.38. The van der Waals surface area contributed by atoms with Gasteiger partial charge in [-0.3, -0.25) is 0 Å². The maximum atomic E-state index is 11.8. The highest BCUT2D eigenvalue weighted by atomic mass is 32.2. The van der Waals surface area contributed by atoms with E-state index in [1.54, 1.807) is 10.8 Å². The molecule has 0 amide bonds. The number of rotatable bonds is 2. The molecule has 0 N–H and O–H groups in total. The van der Waals surface area contributed by atoms with Gasteiger partial charge in [-0.1, -0.05) is 12.1 Å². The second kappa shape index (κ2) is 5.24. The van der Waals surface area contributed by atoms with Crippen LogP contribution in [0.5, 0.6) is 0 Å². The second-order valence-electron chi connectivity index (χ2n) is 5.96. The van der Waals surface area contributed by atoms with Crippen molar-refractivity contribution < 1.29 is 8.42 Å². The van der Waals surface area contributed by atoms with E-state index in [9.17, 15) is 8.42 Å². The first-order valence-corrected chi connectivity index (χ1v) is 9.42. The predicted octanol–water partition coefficient (Wildman–Crippen LogP) is 1.42. The van der Waals surface area contributed by atoms with Gasteiger partial charge in [0.2, 0.25) is 10.0 Å². The number of benzene rings is 1. The van der Waals surface area contributed by atoms with Gasteiger partial charge in [0.25, 0.3) is 0 Å². The molecular weight excluding hydrogens is 314 g/mol. The number of hydrogen-bond acceptors (Lipinski definition) is 5. The Morgan fingerprint density at radius 1 is 1.26 bits per heavy atom. The molecule has 1 fully saturated rings. The van der Waals surface area contributed by atoms with Crippen molar-refractivity contribution in [3.63, 3.8) is 0 Å². The molecule has 2 aromatic heterocycles. The molecule has 120 valence electrons. The molecule has 1 aliphatic rings. The molecule has 3 heterocycles. The van der Waals surface area contributed by atoms with Gasteiger partial charge >= 0.3 is 0 Å². The summed E-state index contributed by atoms with van der Waals surface area (Å²) in [6.07, 6.45) is 4.63. The summed E-state index contributed by atoms with van der Waals surface area (Å²) < 4.78 is 26.8. The van der Waals surface area contributed by atoms with Crippen molar-refractivity contribution in [3.8, 4) is 0 Å². The Balaban J connectivity index is 1.76. The van der Waals surface area contributed by atoms with Gasteiger partial charge in [-0.2, -0.15) is 0 Å². The smallest absolute Gasteiger partial charge is 0.211 e. The summed E-state index contributed by atoms with van der Waals surface area (Å²) in [5.74, 6) is 0.716. The lowest BCUT2D eigenvalue weighted by Gasteiger charge is -2.29. The number of sulfonamides is 1. The molecule has 0 unspecified atom stereocenters. The average Bonchev–Trinajstić information content (AvgIpc) is 2.99. The molecule has 0 saturated carbocycles. The molecule has 0 radical (unpaired) electrons. The highest BCUT2D eigenvalue weighted by Gasteiger charge is 2.29. The monoisotopic (exact) mass is 331 g/mol. The number of hydrogen-bond donors (Lipinski definition) is 0. The summed E-state index contributed by atoms with van der Waals surface area (Å²) in [6, 6.07) is 7.80. The molecule has 0 bridgehead atoms. The minimum Gasteiger partial charge on any atom is -0.236 e. The lowest BCUT2D eigenvalue weighted by atomic mass is 9.99. The quantitative estimate of drug-likeness (QED) is 0.709. The minimum atomic E-state index is -3.17. The first-order chi connectivity index (χ1) is 11.0. The third-order valence-corrected chi connectivity index (χ3v) is 5.59. The minimum absolute atomic E-state index is 0.0251. The SMILES string of the molecule is CS(=O)(=O)N1CCC[C@@H](c2nc3c4ccccc4ncn3n2)C1. The first kappa shape index (κ1) is 14.5. The van der Waals surface area contributed by atoms with E-state index in [0.717, 1.165) is 29.4 Å². The van der Waals surface area contributed by atoms with Gasteiger partial charge in [0.15, 0.2) is 11.5 Å². The van der Waals surface area contributed by atoms with Gasteiger partial charge in [-0.25, -0.2) is 27.2 Å². The highest BCUT2D eigenvalue weighted by Crippen LogP contribution is 2.27. The number of nitrogens with zero attached hydrogens (tertiary/aromatic N) is 5. The zero-order chi connectivity index (χ0) is 16.0. The Labute approximate surface area is 134 Å². The highest BCUT2D eigenvalue weighted by molar-refractivity contribution is 7.88. The molecule has 8 heteroatoms. The predicted molar refractivity (Wildman–Crippen MR) is 86.7 cm³/mol. The molecule has 0 aliphatic carbocycles. The Kier molecular flexibility index (Phi) is 3.31. The Hall–Kier alpha value is -2.06. The molecule has 23 heavy (non-hydrogen) atoms. The topological polar surface area (TPSA) is 80.5 Å². The maximum Gasteiger partial charge on any atom is 0.211 e. The number of para-hydroxylation sites is 1. The van der Waals surface area contributed by atoms with Crippen molar-refractivity contribution in [1.29, 1.82) is 0 Å². The molecule has 1 atom stereocenters. The van der Waals surface area contributed by atoms with Crippen LogP contribution in [-0.2, 0) is 10.0 Å². The van der Waals surface area contributed by atoms with Crippen molar-refractivity contribution in [2.45, 2.75) is 18.8 Å². The van der Waals surface area contributed by atoms with E-state index in [0.29, 0.717) is 18.9 Å². The van der Waals surface area contributed by atoms with Gasteiger partial charge in [0.05, 0.1) is 11.8 Å². The fourth-order valence-corrected chi connectivity index (χ4v) is 4.03. The third kappa shape index (κ3) is 2.57. The van der Waals surface area contributed by atoms with Crippen LogP contribution in [0.2, 0.25) is 0 Å². The summed E-state index contributed by atoms with van der Waals surface area (Å²) in [4.78, 5) is 9.05. The standard InChI is InChI=1S/C15H17N5O2S/c1-23(21,22)19-8-4-5-11(9-19)14-17-15-12-6-2-3-7-13(12)16-10-20(15)18-14/h2-3,6-7,10-11H,4-5,8-9H2,1H3/t11-/m1/s1. The zero-order valence-electron chi connectivity index (χ0n) is 12.8. The molecule has 1 saturated heterocycles. The van der Waals surface area contributed by atoms with Gasteiger partial charge in [-0.15, -0.1) is 5.10 Å². The number of fused-ring (bicyclic) bond motifs is 3. The zero-order valence-corrected chi connectivity index (χ0v) is 13.6. The summed E-state index contributed by atoms with van der Waals surface area (Å²) in [5.41, 5.74) is 1.64. The maximum absolute atomic E-state index is 11.8. The fraction of sp³-hybridized carbons (Fsp3) is 0.400. The Bertz CT molecular complexity index is 982. The lowest BCUT2D eigenvalue weighted by molar-refractivity contribution is 0.311. The Morgan fingerprint density at radius 2 is 2.09 bits per heavy atom. The van der Waals surface area contributed by atoms with E-state index in [4.69, 9.17) is 0 Å². The van der Waals surface area contributed by atoms with Gasteiger partial charge in [0, 0.05) is 24.4 Å².